The van der Waals surface area contributed by atoms with Crippen LogP contribution in [0.15, 0.2) is 5.38 Å². The summed E-state index contributed by atoms with van der Waals surface area (Å²) in [7, 11) is 0. The maximum absolute atomic E-state index is 8.52. The van der Waals surface area contributed by atoms with E-state index in [1.807, 2.05) is 0 Å². The van der Waals surface area contributed by atoms with Crippen molar-refractivity contribution in [1.82, 2.24) is 4.98 Å². The number of aliphatic hydroxyl groups is 1. The summed E-state index contributed by atoms with van der Waals surface area (Å²) in [4.78, 5) is 3.88. The average molecular weight is 145 g/mol. The fourth-order valence-electron chi connectivity index (χ4n) is 0.446. The van der Waals surface area contributed by atoms with Gasteiger partial charge in [-0.3, -0.25) is 5.43 Å². The summed E-state index contributed by atoms with van der Waals surface area (Å²) in [6.07, 6.45) is 0. The third-order valence-corrected chi connectivity index (χ3v) is 1.66. The molecule has 0 aliphatic rings. The minimum Gasteiger partial charge on any atom is -0.390 e. The molecule has 0 aliphatic heterocycles. The summed E-state index contributed by atoms with van der Waals surface area (Å²) >= 11 is 1.37. The number of hydrogen-bond donors (Lipinski definition) is 3. The predicted octanol–water partition coefficient (Wildman–Crippen LogP) is -0.0790. The topological polar surface area (TPSA) is 71.2 Å². The zero-order valence-electron chi connectivity index (χ0n) is 4.66. The standard InChI is InChI=1S/C4H7N3OS/c5-7-4-6-3(1-8)2-9-4/h2,8H,1,5H2,(H,6,7). The van der Waals surface area contributed by atoms with Gasteiger partial charge in [-0.2, -0.15) is 0 Å². The lowest BCUT2D eigenvalue weighted by Crippen LogP contribution is -2.05. The Hall–Kier alpha value is -0.650. The molecule has 0 saturated carbocycles. The number of aromatic nitrogens is 1. The van der Waals surface area contributed by atoms with Crippen LogP contribution in [-0.2, 0) is 6.61 Å². The molecule has 0 bridgehead atoms. The highest BCUT2D eigenvalue weighted by molar-refractivity contribution is 7.13. The summed E-state index contributed by atoms with van der Waals surface area (Å²) < 4.78 is 0. The van der Waals surface area contributed by atoms with Gasteiger partial charge in [-0.15, -0.1) is 11.3 Å². The van der Waals surface area contributed by atoms with Crippen LogP contribution in [-0.4, -0.2) is 10.1 Å². The van der Waals surface area contributed by atoms with Crippen molar-refractivity contribution in [3.05, 3.63) is 11.1 Å². The van der Waals surface area contributed by atoms with Crippen LogP contribution in [0.4, 0.5) is 5.13 Å². The number of rotatable bonds is 2. The van der Waals surface area contributed by atoms with E-state index < -0.39 is 0 Å². The van der Waals surface area contributed by atoms with E-state index in [1.54, 1.807) is 5.38 Å². The molecule has 4 N–H and O–H groups in total. The van der Waals surface area contributed by atoms with Crippen LogP contribution in [0, 0.1) is 0 Å². The second-order valence-corrected chi connectivity index (χ2v) is 2.30. The number of nitrogens with zero attached hydrogens (tertiary/aromatic N) is 1. The van der Waals surface area contributed by atoms with Crippen molar-refractivity contribution >= 4 is 16.5 Å². The summed E-state index contributed by atoms with van der Waals surface area (Å²) in [6.45, 7) is -0.0296. The number of nitrogen functional groups attached to an aromatic ring is 1. The maximum Gasteiger partial charge on any atom is 0.197 e. The Labute approximate surface area is 56.3 Å². The molecule has 0 atom stereocenters. The fraction of sp³-hybridized carbons (Fsp3) is 0.250. The molecule has 0 saturated heterocycles. The number of thiazole rings is 1. The second-order valence-electron chi connectivity index (χ2n) is 1.45. The third-order valence-electron chi connectivity index (χ3n) is 0.837. The van der Waals surface area contributed by atoms with Crippen LogP contribution in [0.3, 0.4) is 0 Å². The number of hydrazine groups is 1. The first-order valence-electron chi connectivity index (χ1n) is 2.38. The van der Waals surface area contributed by atoms with Gasteiger partial charge in [0.2, 0.25) is 0 Å². The number of hydrogen-bond acceptors (Lipinski definition) is 5. The van der Waals surface area contributed by atoms with Crippen molar-refractivity contribution in [1.29, 1.82) is 0 Å². The molecule has 0 unspecified atom stereocenters. The van der Waals surface area contributed by atoms with Crippen molar-refractivity contribution in [3.63, 3.8) is 0 Å². The second kappa shape index (κ2) is 2.77. The summed E-state index contributed by atoms with van der Waals surface area (Å²) in [6, 6.07) is 0. The van der Waals surface area contributed by atoms with Gasteiger partial charge in [0.25, 0.3) is 0 Å². The molecule has 0 aromatic carbocycles. The van der Waals surface area contributed by atoms with Crippen molar-refractivity contribution < 1.29 is 5.11 Å². The number of nitrogens with one attached hydrogen (secondary N) is 1. The molecule has 1 aromatic heterocycles. The lowest BCUT2D eigenvalue weighted by Gasteiger charge is -1.86. The zero-order valence-corrected chi connectivity index (χ0v) is 5.48. The molecule has 50 valence electrons. The van der Waals surface area contributed by atoms with Gasteiger partial charge in [-0.1, -0.05) is 0 Å². The van der Waals surface area contributed by atoms with Crippen LogP contribution in [0.5, 0.6) is 0 Å². The van der Waals surface area contributed by atoms with Gasteiger partial charge in [-0.25, -0.2) is 10.8 Å². The molecule has 9 heavy (non-hydrogen) atoms. The van der Waals surface area contributed by atoms with E-state index >= 15 is 0 Å². The van der Waals surface area contributed by atoms with Crippen LogP contribution in [0.2, 0.25) is 0 Å². The van der Waals surface area contributed by atoms with E-state index in [2.05, 4.69) is 10.4 Å². The summed E-state index contributed by atoms with van der Waals surface area (Å²) in [5, 5.41) is 10.9. The Morgan fingerprint density at radius 1 is 1.89 bits per heavy atom. The smallest absolute Gasteiger partial charge is 0.197 e. The Morgan fingerprint density at radius 2 is 2.67 bits per heavy atom. The Balaban J connectivity index is 2.74. The van der Waals surface area contributed by atoms with Crippen molar-refractivity contribution in [2.24, 2.45) is 5.84 Å². The summed E-state index contributed by atoms with van der Waals surface area (Å²) in [5.74, 6) is 5.03. The van der Waals surface area contributed by atoms with E-state index in [-0.39, 0.29) is 6.61 Å². The molecular formula is C4H7N3OS. The predicted molar refractivity (Wildman–Crippen MR) is 35.8 cm³/mol. The molecule has 1 heterocycles. The molecule has 4 nitrogen and oxygen atoms in total. The number of anilines is 1. The Kier molecular flexibility index (Phi) is 1.99. The molecule has 0 radical (unpaired) electrons. The van der Waals surface area contributed by atoms with Crippen molar-refractivity contribution in [2.75, 3.05) is 5.43 Å². The Morgan fingerprint density at radius 3 is 3.00 bits per heavy atom. The number of nitrogens with two attached hydrogens (primary N) is 1. The first-order chi connectivity index (χ1) is 4.36. The van der Waals surface area contributed by atoms with E-state index in [1.165, 1.54) is 11.3 Å². The van der Waals surface area contributed by atoms with Gasteiger partial charge in [-0.05, 0) is 0 Å². The first kappa shape index (κ1) is 6.47. The SMILES string of the molecule is NNc1nc(CO)cs1. The van der Waals surface area contributed by atoms with E-state index in [0.717, 1.165) is 0 Å². The highest BCUT2D eigenvalue weighted by Gasteiger charge is 1.95. The van der Waals surface area contributed by atoms with Crippen molar-refractivity contribution in [2.45, 2.75) is 6.61 Å². The van der Waals surface area contributed by atoms with Gasteiger partial charge in [0.1, 0.15) is 0 Å². The van der Waals surface area contributed by atoms with E-state index in [9.17, 15) is 0 Å². The largest absolute Gasteiger partial charge is 0.390 e. The van der Waals surface area contributed by atoms with Crippen LogP contribution < -0.4 is 11.3 Å². The molecular weight excluding hydrogens is 138 g/mol. The number of aliphatic hydroxyl groups excluding tert-OH is 1. The summed E-state index contributed by atoms with van der Waals surface area (Å²) in [5.41, 5.74) is 3.02. The molecule has 5 heteroatoms. The minimum atomic E-state index is -0.0296. The van der Waals surface area contributed by atoms with Gasteiger partial charge in [0.15, 0.2) is 5.13 Å². The lowest BCUT2D eigenvalue weighted by molar-refractivity contribution is 0.278. The van der Waals surface area contributed by atoms with Crippen molar-refractivity contribution in [3.8, 4) is 0 Å². The maximum atomic E-state index is 8.52. The van der Waals surface area contributed by atoms with Crippen LogP contribution in [0.25, 0.3) is 0 Å². The van der Waals surface area contributed by atoms with E-state index in [4.69, 9.17) is 10.9 Å². The quantitative estimate of drug-likeness (QED) is 0.402. The van der Waals surface area contributed by atoms with Gasteiger partial charge in [0.05, 0.1) is 12.3 Å². The van der Waals surface area contributed by atoms with Crippen LogP contribution in [0.1, 0.15) is 5.69 Å². The molecule has 0 spiro atoms. The molecule has 1 rings (SSSR count). The van der Waals surface area contributed by atoms with Gasteiger partial charge < -0.3 is 5.11 Å². The molecule has 0 amide bonds. The van der Waals surface area contributed by atoms with Crippen LogP contribution >= 0.6 is 11.3 Å². The molecule has 0 fully saturated rings. The van der Waals surface area contributed by atoms with E-state index in [0.29, 0.717) is 10.8 Å². The highest BCUT2D eigenvalue weighted by atomic mass is 32.1. The fourth-order valence-corrected chi connectivity index (χ4v) is 1.06. The lowest BCUT2D eigenvalue weighted by atomic mass is 10.5. The zero-order chi connectivity index (χ0) is 6.69. The average Bonchev–Trinajstić information content (AvgIpc) is 2.34. The molecule has 1 aromatic rings. The minimum absolute atomic E-state index is 0.0296. The highest BCUT2D eigenvalue weighted by Crippen LogP contribution is 2.12. The van der Waals surface area contributed by atoms with Gasteiger partial charge in [0, 0.05) is 5.38 Å². The Bertz CT molecular complexity index is 169. The third kappa shape index (κ3) is 1.38. The normalized spacial score (nSPS) is 9.56. The first-order valence-corrected chi connectivity index (χ1v) is 3.26. The monoisotopic (exact) mass is 145 g/mol. The van der Waals surface area contributed by atoms with Gasteiger partial charge >= 0.3 is 0 Å². The molecule has 0 aliphatic carbocycles.